The van der Waals surface area contributed by atoms with E-state index in [0.29, 0.717) is 37.0 Å². The first-order valence-corrected chi connectivity index (χ1v) is 13.9. The average Bonchev–Trinajstić information content (AvgIpc) is 3.46. The summed E-state index contributed by atoms with van der Waals surface area (Å²) in [4.78, 5) is 43.6. The van der Waals surface area contributed by atoms with Crippen LogP contribution in [0.4, 0.5) is 14.5 Å². The number of halogens is 2. The van der Waals surface area contributed by atoms with Crippen LogP contribution in [0, 0.1) is 11.6 Å². The summed E-state index contributed by atoms with van der Waals surface area (Å²) in [7, 11) is 0. The topological polar surface area (TPSA) is 170 Å². The van der Waals surface area contributed by atoms with Crippen LogP contribution in [0.2, 0.25) is 0 Å². The molecule has 1 fully saturated rings. The number of ether oxygens (including phenoxy) is 2. The van der Waals surface area contributed by atoms with E-state index in [9.17, 15) is 18.8 Å². The van der Waals surface area contributed by atoms with Crippen LogP contribution in [0.3, 0.4) is 0 Å². The standard InChI is InChI=1S/C30H26F2N8O5/c31-17-1-4-19(5-2-17)40-30(43)21(7-12-35-40)28(42)36-18-3-6-23(22(32)15-18)45-24-8-11-34-27-26(24)29(38-37-27)44-20-9-13-39(14-10-20)25(41)16-33/h1-8,11-12,15,20H,9-10,13-14,16,33H2,(H,36,42)(H,34,37,38). The van der Waals surface area contributed by atoms with Crippen molar-refractivity contribution in [1.29, 1.82) is 0 Å². The molecule has 4 heterocycles. The van der Waals surface area contributed by atoms with E-state index in [1.54, 1.807) is 4.90 Å². The second-order valence-electron chi connectivity index (χ2n) is 10.1. The van der Waals surface area contributed by atoms with Gasteiger partial charge in [-0.05, 0) is 42.5 Å². The molecule has 1 aliphatic heterocycles. The number of H-pyrrole nitrogens is 1. The fourth-order valence-electron chi connectivity index (χ4n) is 4.91. The first-order chi connectivity index (χ1) is 21.8. The molecule has 0 atom stereocenters. The number of aromatic amines is 1. The van der Waals surface area contributed by atoms with Crippen LogP contribution in [-0.4, -0.2) is 67.4 Å². The number of fused-ring (bicyclic) bond motifs is 1. The maximum absolute atomic E-state index is 15.2. The van der Waals surface area contributed by atoms with Gasteiger partial charge in [0.15, 0.2) is 17.2 Å². The second-order valence-corrected chi connectivity index (χ2v) is 10.1. The summed E-state index contributed by atoms with van der Waals surface area (Å²) in [6.07, 6.45) is 3.67. The first-order valence-electron chi connectivity index (χ1n) is 13.9. The van der Waals surface area contributed by atoms with E-state index < -0.39 is 23.1 Å². The van der Waals surface area contributed by atoms with Gasteiger partial charge >= 0.3 is 0 Å². The van der Waals surface area contributed by atoms with Crippen molar-refractivity contribution in [2.75, 3.05) is 25.0 Å². The Labute approximate surface area is 253 Å². The molecule has 3 aromatic heterocycles. The number of benzene rings is 2. The summed E-state index contributed by atoms with van der Waals surface area (Å²) in [5, 5.41) is 13.9. The molecule has 2 aromatic carbocycles. The summed E-state index contributed by atoms with van der Waals surface area (Å²) < 4.78 is 41.5. The third-order valence-corrected chi connectivity index (χ3v) is 7.21. The van der Waals surface area contributed by atoms with Crippen LogP contribution in [0.1, 0.15) is 23.2 Å². The minimum Gasteiger partial charge on any atom is -0.473 e. The Balaban J connectivity index is 1.17. The Morgan fingerprint density at radius 3 is 2.53 bits per heavy atom. The Kier molecular flexibility index (Phi) is 8.16. The molecule has 5 aromatic rings. The van der Waals surface area contributed by atoms with E-state index in [-0.39, 0.29) is 52.9 Å². The van der Waals surface area contributed by atoms with Crippen molar-refractivity contribution in [3.63, 3.8) is 0 Å². The Morgan fingerprint density at radius 1 is 1.02 bits per heavy atom. The van der Waals surface area contributed by atoms with Crippen LogP contribution in [-0.2, 0) is 4.79 Å². The lowest BCUT2D eigenvalue weighted by Gasteiger charge is -2.31. The van der Waals surface area contributed by atoms with Gasteiger partial charge in [0.05, 0.1) is 12.2 Å². The molecule has 1 aliphatic rings. The van der Waals surface area contributed by atoms with Gasteiger partial charge in [0.1, 0.15) is 28.6 Å². The van der Waals surface area contributed by atoms with Gasteiger partial charge in [0.25, 0.3) is 11.5 Å². The zero-order chi connectivity index (χ0) is 31.5. The van der Waals surface area contributed by atoms with E-state index in [1.165, 1.54) is 48.8 Å². The SMILES string of the molecule is NCC(=O)N1CCC(Oc2n[nH]c3nccc(Oc4ccc(NC(=O)c5ccnn(-c6ccc(F)cc6)c5=O)cc4F)c23)CC1. The van der Waals surface area contributed by atoms with E-state index in [0.717, 1.165) is 22.9 Å². The number of carbonyl (C=O) groups excluding carboxylic acids is 2. The second kappa shape index (κ2) is 12.5. The van der Waals surface area contributed by atoms with Crippen molar-refractivity contribution in [1.82, 2.24) is 29.9 Å². The van der Waals surface area contributed by atoms with Crippen molar-refractivity contribution in [2.24, 2.45) is 5.73 Å². The Morgan fingerprint density at radius 2 is 1.80 bits per heavy atom. The number of carbonyl (C=O) groups is 2. The van der Waals surface area contributed by atoms with Crippen LogP contribution in [0.25, 0.3) is 16.7 Å². The number of nitrogens with one attached hydrogen (secondary N) is 2. The number of piperidine rings is 1. The molecule has 0 radical (unpaired) electrons. The van der Waals surface area contributed by atoms with E-state index >= 15 is 4.39 Å². The molecule has 4 N–H and O–H groups in total. The third kappa shape index (κ3) is 6.19. The molecule has 0 bridgehead atoms. The van der Waals surface area contributed by atoms with Crippen LogP contribution < -0.4 is 26.1 Å². The van der Waals surface area contributed by atoms with Crippen molar-refractivity contribution < 1.29 is 27.8 Å². The number of anilines is 1. The van der Waals surface area contributed by atoms with E-state index in [1.807, 2.05) is 0 Å². The highest BCUT2D eigenvalue weighted by Crippen LogP contribution is 2.36. The number of nitrogens with two attached hydrogens (primary N) is 1. The monoisotopic (exact) mass is 616 g/mol. The maximum atomic E-state index is 15.2. The molecule has 230 valence electrons. The zero-order valence-corrected chi connectivity index (χ0v) is 23.6. The normalized spacial score (nSPS) is 13.5. The Bertz CT molecular complexity index is 1940. The molecule has 0 aliphatic carbocycles. The van der Waals surface area contributed by atoms with Crippen LogP contribution in [0.15, 0.2) is 71.8 Å². The van der Waals surface area contributed by atoms with Crippen LogP contribution in [0.5, 0.6) is 17.4 Å². The number of hydrogen-bond acceptors (Lipinski definition) is 9. The van der Waals surface area contributed by atoms with Crippen molar-refractivity contribution in [2.45, 2.75) is 18.9 Å². The summed E-state index contributed by atoms with van der Waals surface area (Å²) in [5.74, 6) is -1.88. The predicted octanol–water partition coefficient (Wildman–Crippen LogP) is 3.16. The quantitative estimate of drug-likeness (QED) is 0.237. The number of rotatable bonds is 8. The van der Waals surface area contributed by atoms with Gasteiger partial charge in [-0.3, -0.25) is 19.5 Å². The molecular weight excluding hydrogens is 590 g/mol. The Hall–Kier alpha value is -5.70. The number of amides is 2. The first kappa shape index (κ1) is 29.4. The largest absolute Gasteiger partial charge is 0.473 e. The molecule has 13 nitrogen and oxygen atoms in total. The van der Waals surface area contributed by atoms with Crippen molar-refractivity contribution in [3.8, 4) is 23.1 Å². The maximum Gasteiger partial charge on any atom is 0.284 e. The third-order valence-electron chi connectivity index (χ3n) is 7.21. The van der Waals surface area contributed by atoms with Gasteiger partial charge < -0.3 is 25.4 Å². The molecule has 0 spiro atoms. The van der Waals surface area contributed by atoms with E-state index in [2.05, 4.69) is 25.6 Å². The smallest absolute Gasteiger partial charge is 0.284 e. The van der Waals surface area contributed by atoms with Gasteiger partial charge in [-0.25, -0.2) is 13.8 Å². The molecule has 15 heteroatoms. The molecule has 1 saturated heterocycles. The lowest BCUT2D eigenvalue weighted by Crippen LogP contribution is -2.44. The zero-order valence-electron chi connectivity index (χ0n) is 23.6. The number of pyridine rings is 1. The molecule has 45 heavy (non-hydrogen) atoms. The van der Waals surface area contributed by atoms with Gasteiger partial charge in [-0.1, -0.05) is 0 Å². The lowest BCUT2D eigenvalue weighted by atomic mass is 10.1. The fourth-order valence-corrected chi connectivity index (χ4v) is 4.91. The predicted molar refractivity (Wildman–Crippen MR) is 157 cm³/mol. The summed E-state index contributed by atoms with van der Waals surface area (Å²) in [5.41, 5.74) is 5.17. The van der Waals surface area contributed by atoms with Gasteiger partial charge in [-0.15, -0.1) is 5.10 Å². The highest BCUT2D eigenvalue weighted by molar-refractivity contribution is 6.04. The van der Waals surface area contributed by atoms with Gasteiger partial charge in [0.2, 0.25) is 11.8 Å². The van der Waals surface area contributed by atoms with Crippen LogP contribution >= 0.6 is 0 Å². The average molecular weight is 617 g/mol. The molecule has 0 saturated carbocycles. The van der Waals surface area contributed by atoms with Crippen molar-refractivity contribution >= 4 is 28.5 Å². The highest BCUT2D eigenvalue weighted by atomic mass is 19.1. The minimum absolute atomic E-state index is 0.0452. The molecular formula is C30H26F2N8O5. The molecule has 0 unspecified atom stereocenters. The number of hydrogen-bond donors (Lipinski definition) is 3. The van der Waals surface area contributed by atoms with Gasteiger partial charge in [-0.2, -0.15) is 9.78 Å². The number of likely N-dealkylation sites (tertiary alicyclic amines) is 1. The summed E-state index contributed by atoms with van der Waals surface area (Å²) in [6, 6.07) is 11.6. The van der Waals surface area contributed by atoms with Crippen molar-refractivity contribution in [3.05, 3.63) is 94.5 Å². The number of aromatic nitrogens is 5. The fraction of sp³-hybridized carbons (Fsp3) is 0.200. The number of nitrogens with zero attached hydrogens (tertiary/aromatic N) is 5. The molecule has 6 rings (SSSR count). The molecule has 2 amide bonds. The summed E-state index contributed by atoms with van der Waals surface area (Å²) >= 11 is 0. The minimum atomic E-state index is -0.792. The van der Waals surface area contributed by atoms with Gasteiger partial charge in [0, 0.05) is 56.1 Å². The summed E-state index contributed by atoms with van der Waals surface area (Å²) in [6.45, 7) is 0.963. The highest BCUT2D eigenvalue weighted by Gasteiger charge is 2.26. The van der Waals surface area contributed by atoms with E-state index in [4.69, 9.17) is 15.2 Å². The lowest BCUT2D eigenvalue weighted by molar-refractivity contribution is -0.131.